The minimum atomic E-state index is -0.611. The molecule has 1 atom stereocenters. The number of hydrogen-bond acceptors (Lipinski definition) is 4. The van der Waals surface area contributed by atoms with Crippen LogP contribution in [0.3, 0.4) is 0 Å². The van der Waals surface area contributed by atoms with E-state index in [0.29, 0.717) is 25.9 Å². The fourth-order valence-corrected chi connectivity index (χ4v) is 5.39. The van der Waals surface area contributed by atoms with Crippen molar-refractivity contribution < 1.29 is 9.59 Å². The number of carbonyl (C=O) groups excluding carboxylic acids is 2. The van der Waals surface area contributed by atoms with Gasteiger partial charge in [-0.15, -0.1) is 11.3 Å². The zero-order valence-electron chi connectivity index (χ0n) is 18.7. The summed E-state index contributed by atoms with van der Waals surface area (Å²) in [4.78, 5) is 35.4. The van der Waals surface area contributed by atoms with Crippen LogP contribution in [0.2, 0.25) is 0 Å². The Labute approximate surface area is 193 Å². The lowest BCUT2D eigenvalue weighted by molar-refractivity contribution is -0.147. The van der Waals surface area contributed by atoms with Gasteiger partial charge in [-0.1, -0.05) is 36.4 Å². The van der Waals surface area contributed by atoms with Crippen LogP contribution in [0.4, 0.5) is 0 Å². The second-order valence-corrected chi connectivity index (χ2v) is 9.74. The average Bonchev–Trinajstić information content (AvgIpc) is 3.34. The summed E-state index contributed by atoms with van der Waals surface area (Å²) in [7, 11) is 3.62. The van der Waals surface area contributed by atoms with E-state index in [1.165, 1.54) is 10.4 Å². The lowest BCUT2D eigenvalue weighted by atomic mass is 9.73. The second-order valence-electron chi connectivity index (χ2n) is 8.79. The van der Waals surface area contributed by atoms with Crippen molar-refractivity contribution >= 4 is 23.2 Å². The number of piperidine rings is 1. The van der Waals surface area contributed by atoms with Gasteiger partial charge in [-0.05, 0) is 53.5 Å². The van der Waals surface area contributed by atoms with Crippen molar-refractivity contribution in [2.75, 3.05) is 27.2 Å². The molecule has 1 aliphatic heterocycles. The Kier molecular flexibility index (Phi) is 6.70. The first-order valence-electron chi connectivity index (χ1n) is 11.0. The molecular weight excluding hydrogens is 418 g/mol. The summed E-state index contributed by atoms with van der Waals surface area (Å²) in [5.41, 5.74) is 2.59. The third-order valence-corrected chi connectivity index (χ3v) is 7.06. The smallest absolute Gasteiger partial charge is 0.230 e. The molecule has 6 heteroatoms. The Morgan fingerprint density at radius 3 is 2.69 bits per heavy atom. The van der Waals surface area contributed by atoms with Crippen LogP contribution in [-0.2, 0) is 22.4 Å². The molecule has 1 fully saturated rings. The Bertz CT molecular complexity index is 1070. The van der Waals surface area contributed by atoms with E-state index in [-0.39, 0.29) is 11.8 Å². The summed E-state index contributed by atoms with van der Waals surface area (Å²) < 4.78 is 0. The van der Waals surface area contributed by atoms with E-state index < -0.39 is 5.41 Å². The summed E-state index contributed by atoms with van der Waals surface area (Å²) >= 11 is 1.71. The van der Waals surface area contributed by atoms with Crippen molar-refractivity contribution in [1.82, 2.24) is 14.8 Å². The van der Waals surface area contributed by atoms with Gasteiger partial charge in [0.25, 0.3) is 0 Å². The molecule has 166 valence electrons. The fraction of sp³-hybridized carbons (Fsp3) is 0.346. The van der Waals surface area contributed by atoms with Crippen LogP contribution in [0.1, 0.15) is 24.0 Å². The zero-order valence-corrected chi connectivity index (χ0v) is 19.5. The maximum atomic E-state index is 13.4. The number of likely N-dealkylation sites (tertiary alicyclic amines) is 1. The number of aromatic nitrogens is 1. The Morgan fingerprint density at radius 2 is 1.97 bits per heavy atom. The first-order valence-corrected chi connectivity index (χ1v) is 11.9. The molecule has 4 rings (SSSR count). The minimum Gasteiger partial charge on any atom is -0.348 e. The van der Waals surface area contributed by atoms with Crippen LogP contribution in [0.25, 0.3) is 10.4 Å². The van der Waals surface area contributed by atoms with Crippen LogP contribution in [0.5, 0.6) is 0 Å². The number of amides is 2. The van der Waals surface area contributed by atoms with Crippen molar-refractivity contribution in [3.8, 4) is 10.4 Å². The van der Waals surface area contributed by atoms with Crippen LogP contribution in [-0.4, -0.2) is 53.8 Å². The van der Waals surface area contributed by atoms with E-state index in [0.717, 1.165) is 24.0 Å². The topological polar surface area (TPSA) is 53.5 Å². The lowest BCUT2D eigenvalue weighted by Gasteiger charge is -2.43. The molecule has 2 aromatic heterocycles. The van der Waals surface area contributed by atoms with Gasteiger partial charge in [0.1, 0.15) is 0 Å². The van der Waals surface area contributed by atoms with Crippen LogP contribution >= 0.6 is 11.3 Å². The highest BCUT2D eigenvalue weighted by atomic mass is 32.1. The van der Waals surface area contributed by atoms with Gasteiger partial charge in [0.05, 0.1) is 11.8 Å². The van der Waals surface area contributed by atoms with Crippen molar-refractivity contribution in [2.45, 2.75) is 25.7 Å². The summed E-state index contributed by atoms with van der Waals surface area (Å²) in [5.74, 6) is 0.152. The molecule has 0 aliphatic carbocycles. The van der Waals surface area contributed by atoms with Crippen LogP contribution in [0, 0.1) is 5.41 Å². The number of pyridine rings is 1. The SMILES string of the molecule is CN(C)C(=O)[C@@]1(Cc2cccc(-c3cccs3)c2)CCCN(C(=O)Cc2cccnc2)C1. The van der Waals surface area contributed by atoms with Gasteiger partial charge >= 0.3 is 0 Å². The number of nitrogens with zero attached hydrogens (tertiary/aromatic N) is 3. The Balaban J connectivity index is 1.58. The average molecular weight is 448 g/mol. The highest BCUT2D eigenvalue weighted by Gasteiger charge is 2.44. The summed E-state index contributed by atoms with van der Waals surface area (Å²) in [6, 6.07) is 16.4. The zero-order chi connectivity index (χ0) is 22.6. The molecule has 3 aromatic rings. The van der Waals surface area contributed by atoms with Crippen LogP contribution in [0.15, 0.2) is 66.3 Å². The molecule has 0 bridgehead atoms. The van der Waals surface area contributed by atoms with Crippen molar-refractivity contribution in [1.29, 1.82) is 0 Å². The molecular formula is C26H29N3O2S. The molecule has 0 spiro atoms. The Morgan fingerprint density at radius 1 is 1.12 bits per heavy atom. The maximum absolute atomic E-state index is 13.4. The first kappa shape index (κ1) is 22.2. The highest BCUT2D eigenvalue weighted by molar-refractivity contribution is 7.13. The van der Waals surface area contributed by atoms with E-state index in [1.54, 1.807) is 28.6 Å². The molecule has 2 amide bonds. The molecule has 32 heavy (non-hydrogen) atoms. The van der Waals surface area contributed by atoms with Gasteiger partial charge in [0.15, 0.2) is 0 Å². The van der Waals surface area contributed by atoms with Gasteiger partial charge in [0, 0.05) is 44.5 Å². The summed E-state index contributed by atoms with van der Waals surface area (Å²) in [6.45, 7) is 1.14. The molecule has 0 N–H and O–H groups in total. The lowest BCUT2D eigenvalue weighted by Crippen LogP contribution is -2.54. The quantitative estimate of drug-likeness (QED) is 0.566. The third kappa shape index (κ3) is 4.91. The molecule has 1 saturated heterocycles. The predicted molar refractivity (Wildman–Crippen MR) is 128 cm³/mol. The molecule has 1 aliphatic rings. The molecule has 0 unspecified atom stereocenters. The molecule has 1 aromatic carbocycles. The van der Waals surface area contributed by atoms with E-state index in [1.807, 2.05) is 31.1 Å². The number of benzene rings is 1. The fourth-order valence-electron chi connectivity index (χ4n) is 4.67. The van der Waals surface area contributed by atoms with Crippen molar-refractivity contribution in [3.63, 3.8) is 0 Å². The van der Waals surface area contributed by atoms with E-state index in [2.05, 4.69) is 46.8 Å². The number of rotatable bonds is 6. The summed E-state index contributed by atoms with van der Waals surface area (Å²) in [5, 5.41) is 2.08. The summed E-state index contributed by atoms with van der Waals surface area (Å²) in [6.07, 6.45) is 5.98. The van der Waals surface area contributed by atoms with E-state index in [4.69, 9.17) is 0 Å². The molecule has 0 saturated carbocycles. The van der Waals surface area contributed by atoms with E-state index >= 15 is 0 Å². The van der Waals surface area contributed by atoms with Crippen molar-refractivity contribution in [2.24, 2.45) is 5.41 Å². The number of carbonyl (C=O) groups is 2. The molecule has 3 heterocycles. The second kappa shape index (κ2) is 9.65. The van der Waals surface area contributed by atoms with Gasteiger partial charge in [-0.25, -0.2) is 0 Å². The van der Waals surface area contributed by atoms with Gasteiger partial charge in [-0.2, -0.15) is 0 Å². The minimum absolute atomic E-state index is 0.0565. The standard InChI is InChI=1S/C26H29N3O2S/c1-28(2)25(31)26(17-20-7-3-9-22(15-20)23-10-5-14-32-23)11-6-13-29(19-26)24(30)16-21-8-4-12-27-18-21/h3-5,7-10,12,14-15,18H,6,11,13,16-17,19H2,1-2H3/t26-/m1/s1. The van der Waals surface area contributed by atoms with Crippen molar-refractivity contribution in [3.05, 3.63) is 77.4 Å². The highest BCUT2D eigenvalue weighted by Crippen LogP contribution is 2.37. The third-order valence-electron chi connectivity index (χ3n) is 6.14. The van der Waals surface area contributed by atoms with Crippen LogP contribution < -0.4 is 0 Å². The number of thiophene rings is 1. The van der Waals surface area contributed by atoms with Gasteiger partial charge in [-0.3, -0.25) is 14.6 Å². The van der Waals surface area contributed by atoms with Gasteiger partial charge in [0.2, 0.25) is 11.8 Å². The number of hydrogen-bond donors (Lipinski definition) is 0. The van der Waals surface area contributed by atoms with Gasteiger partial charge < -0.3 is 9.80 Å². The Hall–Kier alpha value is -2.99. The molecule has 5 nitrogen and oxygen atoms in total. The predicted octanol–water partition coefficient (Wildman–Crippen LogP) is 4.29. The molecule has 0 radical (unpaired) electrons. The first-order chi connectivity index (χ1) is 15.5. The van der Waals surface area contributed by atoms with E-state index in [9.17, 15) is 9.59 Å². The normalized spacial score (nSPS) is 18.4. The monoisotopic (exact) mass is 447 g/mol. The largest absolute Gasteiger partial charge is 0.348 e. The maximum Gasteiger partial charge on any atom is 0.230 e.